The summed E-state index contributed by atoms with van der Waals surface area (Å²) < 4.78 is 2.14. The number of pyridine rings is 2. The lowest BCUT2D eigenvalue weighted by Gasteiger charge is -2.28. The summed E-state index contributed by atoms with van der Waals surface area (Å²) in [4.78, 5) is 11.5. The Balaban J connectivity index is 1.41. The number of para-hydroxylation sites is 1. The monoisotopic (exact) mass is 454 g/mol. The van der Waals surface area contributed by atoms with E-state index in [1.807, 2.05) is 60.9 Å². The van der Waals surface area contributed by atoms with Crippen LogP contribution in [-0.2, 0) is 0 Å². The molecule has 1 fully saturated rings. The Hall–Kier alpha value is -3.71. The molecule has 4 aromatic rings. The minimum atomic E-state index is -0.0434. The minimum Gasteiger partial charge on any atom is -0.385 e. The molecule has 3 aromatic heterocycles. The zero-order valence-electron chi connectivity index (χ0n) is 18.2. The van der Waals surface area contributed by atoms with Crippen LogP contribution in [0.2, 0.25) is 0 Å². The highest BCUT2D eigenvalue weighted by Gasteiger charge is 2.41. The Morgan fingerprint density at radius 2 is 1.67 bits per heavy atom. The SMILES string of the molecule is S=C1NC(c2ccccn2)C(c2cccn2-c2ccccn2)N1CCCNc1ccccc1. The first kappa shape index (κ1) is 21.2. The third-order valence-electron chi connectivity index (χ3n) is 5.86. The molecule has 2 unspecified atom stereocenters. The van der Waals surface area contributed by atoms with Gasteiger partial charge in [0.05, 0.1) is 17.8 Å². The molecule has 7 heteroatoms. The van der Waals surface area contributed by atoms with Crippen molar-refractivity contribution in [1.82, 2.24) is 24.8 Å². The van der Waals surface area contributed by atoms with Crippen molar-refractivity contribution in [1.29, 1.82) is 0 Å². The third kappa shape index (κ3) is 4.59. The molecule has 1 saturated heterocycles. The summed E-state index contributed by atoms with van der Waals surface area (Å²) in [6, 6.07) is 26.4. The van der Waals surface area contributed by atoms with Gasteiger partial charge in [0.2, 0.25) is 0 Å². The van der Waals surface area contributed by atoms with Crippen LogP contribution in [0.25, 0.3) is 5.82 Å². The summed E-state index contributed by atoms with van der Waals surface area (Å²) >= 11 is 5.81. The van der Waals surface area contributed by atoms with Crippen LogP contribution < -0.4 is 10.6 Å². The maximum absolute atomic E-state index is 5.81. The molecule has 1 aliphatic rings. The zero-order valence-corrected chi connectivity index (χ0v) is 19.0. The maximum atomic E-state index is 5.81. The smallest absolute Gasteiger partial charge is 0.170 e. The number of hydrogen-bond donors (Lipinski definition) is 2. The average Bonchev–Trinajstić information content (AvgIpc) is 3.48. The molecular formula is C26H26N6S. The average molecular weight is 455 g/mol. The first-order valence-electron chi connectivity index (χ1n) is 11.2. The largest absolute Gasteiger partial charge is 0.385 e. The summed E-state index contributed by atoms with van der Waals surface area (Å²) in [6.07, 6.45) is 6.66. The van der Waals surface area contributed by atoms with E-state index in [4.69, 9.17) is 12.2 Å². The molecule has 2 atom stereocenters. The van der Waals surface area contributed by atoms with E-state index in [-0.39, 0.29) is 12.1 Å². The predicted octanol–water partition coefficient (Wildman–Crippen LogP) is 4.74. The highest BCUT2D eigenvalue weighted by molar-refractivity contribution is 7.80. The Morgan fingerprint density at radius 1 is 0.879 bits per heavy atom. The van der Waals surface area contributed by atoms with Gasteiger partial charge in [0.15, 0.2) is 5.11 Å². The topological polar surface area (TPSA) is 58.0 Å². The van der Waals surface area contributed by atoms with E-state index in [1.54, 1.807) is 0 Å². The standard InChI is InChI=1S/C26H26N6S/c33-26-30-24(21-12-4-6-15-28-21)25(22-13-8-18-31(22)23-14-5-7-16-29-23)32(26)19-9-17-27-20-10-2-1-3-11-20/h1-8,10-16,18,24-25,27H,9,17,19H2,(H,30,33). The second-order valence-electron chi connectivity index (χ2n) is 7.96. The van der Waals surface area contributed by atoms with Crippen molar-refractivity contribution in [3.63, 3.8) is 0 Å². The zero-order chi connectivity index (χ0) is 22.5. The van der Waals surface area contributed by atoms with Gasteiger partial charge in [-0.2, -0.15) is 0 Å². The van der Waals surface area contributed by atoms with E-state index in [2.05, 4.69) is 66.6 Å². The number of hydrogen-bond acceptors (Lipinski definition) is 4. The number of anilines is 1. The molecule has 0 amide bonds. The quantitative estimate of drug-likeness (QED) is 0.296. The summed E-state index contributed by atoms with van der Waals surface area (Å²) in [5.41, 5.74) is 3.24. The van der Waals surface area contributed by atoms with Gasteiger partial charge in [-0.25, -0.2) is 4.98 Å². The molecule has 2 N–H and O–H groups in total. The van der Waals surface area contributed by atoms with Crippen LogP contribution in [0.1, 0.15) is 29.9 Å². The summed E-state index contributed by atoms with van der Waals surface area (Å²) in [7, 11) is 0. The summed E-state index contributed by atoms with van der Waals surface area (Å²) in [5.74, 6) is 0.890. The van der Waals surface area contributed by atoms with Crippen molar-refractivity contribution in [2.24, 2.45) is 0 Å². The van der Waals surface area contributed by atoms with Crippen molar-refractivity contribution in [2.75, 3.05) is 18.4 Å². The molecule has 1 aromatic carbocycles. The second-order valence-corrected chi connectivity index (χ2v) is 8.34. The minimum absolute atomic E-state index is 0.00105. The van der Waals surface area contributed by atoms with E-state index < -0.39 is 0 Å². The predicted molar refractivity (Wildman–Crippen MR) is 135 cm³/mol. The third-order valence-corrected chi connectivity index (χ3v) is 6.21. The van der Waals surface area contributed by atoms with Gasteiger partial charge in [-0.1, -0.05) is 30.3 Å². The Morgan fingerprint density at radius 3 is 2.42 bits per heavy atom. The van der Waals surface area contributed by atoms with E-state index >= 15 is 0 Å². The Bertz CT molecular complexity index is 1180. The molecule has 0 radical (unpaired) electrons. The summed E-state index contributed by atoms with van der Waals surface area (Å²) in [6.45, 7) is 1.69. The molecule has 0 aliphatic carbocycles. The fourth-order valence-electron chi connectivity index (χ4n) is 4.35. The van der Waals surface area contributed by atoms with Gasteiger partial charge >= 0.3 is 0 Å². The van der Waals surface area contributed by atoms with Crippen LogP contribution in [0.15, 0.2) is 97.5 Å². The van der Waals surface area contributed by atoms with Gasteiger partial charge < -0.3 is 20.1 Å². The van der Waals surface area contributed by atoms with Crippen LogP contribution in [0, 0.1) is 0 Å². The van der Waals surface area contributed by atoms with Crippen LogP contribution in [0.3, 0.4) is 0 Å². The Kier molecular flexibility index (Phi) is 6.30. The molecule has 4 heterocycles. The maximum Gasteiger partial charge on any atom is 0.170 e. The van der Waals surface area contributed by atoms with Crippen molar-refractivity contribution in [3.8, 4) is 5.82 Å². The lowest BCUT2D eigenvalue weighted by atomic mass is 10.0. The Labute approximate surface area is 199 Å². The number of benzene rings is 1. The van der Waals surface area contributed by atoms with Crippen LogP contribution in [0.5, 0.6) is 0 Å². The van der Waals surface area contributed by atoms with E-state index in [1.165, 1.54) is 0 Å². The van der Waals surface area contributed by atoms with Gasteiger partial charge in [0.1, 0.15) is 5.82 Å². The number of rotatable bonds is 8. The normalized spacial score (nSPS) is 17.7. The molecular weight excluding hydrogens is 428 g/mol. The van der Waals surface area contributed by atoms with Gasteiger partial charge in [0.25, 0.3) is 0 Å². The molecule has 1 aliphatic heterocycles. The fourth-order valence-corrected chi connectivity index (χ4v) is 4.68. The van der Waals surface area contributed by atoms with E-state index in [0.717, 1.165) is 47.5 Å². The van der Waals surface area contributed by atoms with E-state index in [0.29, 0.717) is 0 Å². The second kappa shape index (κ2) is 9.83. The first-order valence-corrected chi connectivity index (χ1v) is 11.6. The number of nitrogens with one attached hydrogen (secondary N) is 2. The molecule has 0 saturated carbocycles. The molecule has 6 nitrogen and oxygen atoms in total. The summed E-state index contributed by atoms with van der Waals surface area (Å²) in [5, 5.41) is 7.79. The van der Waals surface area contributed by atoms with Crippen LogP contribution >= 0.6 is 12.2 Å². The first-order chi connectivity index (χ1) is 16.3. The highest BCUT2D eigenvalue weighted by Crippen LogP contribution is 2.39. The molecule has 33 heavy (non-hydrogen) atoms. The van der Waals surface area contributed by atoms with Crippen molar-refractivity contribution < 1.29 is 0 Å². The number of aromatic nitrogens is 3. The lowest BCUT2D eigenvalue weighted by Crippen LogP contribution is -2.32. The molecule has 0 spiro atoms. The number of thiocarbonyl (C=S) groups is 1. The van der Waals surface area contributed by atoms with Crippen LogP contribution in [0.4, 0.5) is 5.69 Å². The molecule has 5 rings (SSSR count). The van der Waals surface area contributed by atoms with Crippen molar-refractivity contribution in [3.05, 3.63) is 109 Å². The van der Waals surface area contributed by atoms with E-state index in [9.17, 15) is 0 Å². The van der Waals surface area contributed by atoms with Gasteiger partial charge in [0, 0.05) is 43.1 Å². The fraction of sp³-hybridized carbons (Fsp3) is 0.192. The van der Waals surface area contributed by atoms with Gasteiger partial charge in [-0.3, -0.25) is 4.98 Å². The molecule has 0 bridgehead atoms. The highest BCUT2D eigenvalue weighted by atomic mass is 32.1. The number of nitrogens with zero attached hydrogens (tertiary/aromatic N) is 4. The van der Waals surface area contributed by atoms with Crippen LogP contribution in [-0.4, -0.2) is 37.6 Å². The van der Waals surface area contributed by atoms with Gasteiger partial charge in [-0.05, 0) is 67.2 Å². The van der Waals surface area contributed by atoms with Crippen molar-refractivity contribution in [2.45, 2.75) is 18.5 Å². The lowest BCUT2D eigenvalue weighted by molar-refractivity contribution is 0.307. The molecule has 166 valence electrons. The van der Waals surface area contributed by atoms with Crippen molar-refractivity contribution >= 4 is 23.0 Å². The van der Waals surface area contributed by atoms with Gasteiger partial charge in [-0.15, -0.1) is 0 Å².